The highest BCUT2D eigenvalue weighted by Crippen LogP contribution is 1.88. The Bertz CT molecular complexity index is 255. The maximum atomic E-state index is 3.64. The largest absolute Gasteiger partial charge is 0.137 e. The average Bonchev–Trinajstić information content (AvgIpc) is 2.29. The Balaban J connectivity index is 2.67. The van der Waals surface area contributed by atoms with Crippen molar-refractivity contribution in [1.82, 2.24) is 0 Å². The smallest absolute Gasteiger partial charge is 0.0514 e. The normalized spacial score (nSPS) is 24.0. The highest BCUT2D eigenvalue weighted by molar-refractivity contribution is 5.19. The van der Waals surface area contributed by atoms with E-state index in [4.69, 9.17) is 0 Å². The minimum Gasteiger partial charge on any atom is -0.137 e. The predicted molar refractivity (Wildman–Crippen MR) is 64.6 cm³/mol. The zero-order chi connectivity index (χ0) is 11.3. The first-order valence-electron chi connectivity index (χ1n) is 4.78. The van der Waals surface area contributed by atoms with E-state index < -0.39 is 0 Å². The van der Waals surface area contributed by atoms with Crippen molar-refractivity contribution in [2.24, 2.45) is 20.7 Å². The first kappa shape index (κ1) is 11.7. The fourth-order valence-corrected chi connectivity index (χ4v) is 0.795. The van der Waals surface area contributed by atoms with Crippen molar-refractivity contribution >= 4 is 0 Å². The molecule has 0 saturated heterocycles. The van der Waals surface area contributed by atoms with Crippen LogP contribution in [0.15, 0.2) is 93.8 Å². The molecule has 4 nitrogen and oxygen atoms in total. The quantitative estimate of drug-likeness (QED) is 0.581. The summed E-state index contributed by atoms with van der Waals surface area (Å²) in [6.07, 6.45) is 21.8. The van der Waals surface area contributed by atoms with E-state index >= 15 is 0 Å². The summed E-state index contributed by atoms with van der Waals surface area (Å²) in [4.78, 5) is 0. The lowest BCUT2D eigenvalue weighted by molar-refractivity contribution is 0.952. The van der Waals surface area contributed by atoms with Crippen molar-refractivity contribution in [2.45, 2.75) is 0 Å². The molecule has 16 heavy (non-hydrogen) atoms. The molecule has 1 aliphatic rings. The first-order valence-corrected chi connectivity index (χ1v) is 4.78. The topological polar surface area (TPSA) is 49.4 Å². The van der Waals surface area contributed by atoms with Gasteiger partial charge in [-0.2, -0.15) is 0 Å². The number of nitrogens with zero attached hydrogens (tertiary/aromatic N) is 4. The second-order valence-electron chi connectivity index (χ2n) is 2.63. The van der Waals surface area contributed by atoms with Gasteiger partial charge in [0.05, 0.1) is 12.4 Å². The molecule has 0 saturated carbocycles. The molecule has 4 heteroatoms. The summed E-state index contributed by atoms with van der Waals surface area (Å²) in [6, 6.07) is 0. The third-order valence-electron chi connectivity index (χ3n) is 1.45. The fourth-order valence-electron chi connectivity index (χ4n) is 0.795. The third kappa shape index (κ3) is 7.08. The van der Waals surface area contributed by atoms with Crippen LogP contribution in [0.3, 0.4) is 0 Å². The van der Waals surface area contributed by atoms with E-state index in [0.717, 1.165) is 0 Å². The molecule has 0 aromatic rings. The van der Waals surface area contributed by atoms with Crippen molar-refractivity contribution in [1.29, 1.82) is 0 Å². The van der Waals surface area contributed by atoms with Gasteiger partial charge in [-0.1, -0.05) is 48.6 Å². The SMILES string of the molecule is C1=C/C=C/C=C\N=NN=N/C=C/C=C/C=C1. The van der Waals surface area contributed by atoms with E-state index in [1.54, 1.807) is 12.2 Å². The van der Waals surface area contributed by atoms with Crippen LogP contribution < -0.4 is 0 Å². The highest BCUT2D eigenvalue weighted by Gasteiger charge is 1.67. The Morgan fingerprint density at radius 3 is 1.06 bits per heavy atom. The molecule has 80 valence electrons. The van der Waals surface area contributed by atoms with Gasteiger partial charge in [0.25, 0.3) is 0 Å². The van der Waals surface area contributed by atoms with E-state index in [2.05, 4.69) is 20.7 Å². The number of hydrogen-bond donors (Lipinski definition) is 0. The Hall–Kier alpha value is -2.36. The van der Waals surface area contributed by atoms with Crippen LogP contribution in [0.4, 0.5) is 0 Å². The average molecular weight is 212 g/mol. The third-order valence-corrected chi connectivity index (χ3v) is 1.45. The molecule has 0 aromatic carbocycles. The van der Waals surface area contributed by atoms with E-state index in [9.17, 15) is 0 Å². The number of hydrogen-bond acceptors (Lipinski definition) is 4. The van der Waals surface area contributed by atoms with Crippen LogP contribution in [0.25, 0.3) is 0 Å². The van der Waals surface area contributed by atoms with Gasteiger partial charge >= 0.3 is 0 Å². The lowest BCUT2D eigenvalue weighted by atomic mass is 10.3. The Morgan fingerprint density at radius 1 is 0.375 bits per heavy atom. The van der Waals surface area contributed by atoms with Gasteiger partial charge in [-0.3, -0.25) is 0 Å². The second kappa shape index (κ2) is 9.21. The second-order valence-corrected chi connectivity index (χ2v) is 2.63. The molecule has 0 unspecified atom stereocenters. The summed E-state index contributed by atoms with van der Waals surface area (Å²) < 4.78 is 0. The van der Waals surface area contributed by atoms with Crippen LogP contribution in [0.5, 0.6) is 0 Å². The molecular weight excluding hydrogens is 200 g/mol. The van der Waals surface area contributed by atoms with Gasteiger partial charge in [0.2, 0.25) is 0 Å². The summed E-state index contributed by atoms with van der Waals surface area (Å²) >= 11 is 0. The molecule has 0 aliphatic carbocycles. The van der Waals surface area contributed by atoms with Crippen LogP contribution in [-0.4, -0.2) is 0 Å². The van der Waals surface area contributed by atoms with E-state index in [1.165, 1.54) is 12.4 Å². The lowest BCUT2D eigenvalue weighted by Gasteiger charge is -1.76. The molecule has 0 bridgehead atoms. The summed E-state index contributed by atoms with van der Waals surface area (Å²) in [5.41, 5.74) is 0. The van der Waals surface area contributed by atoms with Crippen molar-refractivity contribution < 1.29 is 0 Å². The molecule has 0 radical (unpaired) electrons. The van der Waals surface area contributed by atoms with Crippen LogP contribution in [-0.2, 0) is 0 Å². The standard InChI is InChI=1S/C12H12N4/c1-2-4-6-8-10-12-14-16-15-13-11-9-7-5-3-1/h1-12H/b2-1?,3-1?,4-2?,5-3?,6-4?,7-5+,8-6+,9-7?,10-8?,11-9-,12-10+,13-11?,14-12?,15-13?,16-14?,16-15?. The maximum Gasteiger partial charge on any atom is 0.0514 e. The van der Waals surface area contributed by atoms with Crippen molar-refractivity contribution in [3.05, 3.63) is 73.2 Å². The molecule has 1 heterocycles. The zero-order valence-electron chi connectivity index (χ0n) is 8.72. The highest BCUT2D eigenvalue weighted by atomic mass is 15.4. The molecule has 0 N–H and O–H groups in total. The van der Waals surface area contributed by atoms with Gasteiger partial charge in [0, 0.05) is 0 Å². The predicted octanol–water partition coefficient (Wildman–Crippen LogP) is 4.07. The maximum absolute atomic E-state index is 3.64. The molecule has 1 rings (SSSR count). The molecule has 1 aliphatic heterocycles. The fraction of sp³-hybridized carbons (Fsp3) is 0. The van der Waals surface area contributed by atoms with Crippen LogP contribution >= 0.6 is 0 Å². The van der Waals surface area contributed by atoms with Crippen LogP contribution in [0.2, 0.25) is 0 Å². The van der Waals surface area contributed by atoms with Crippen molar-refractivity contribution in [3.8, 4) is 0 Å². The van der Waals surface area contributed by atoms with Gasteiger partial charge in [0.1, 0.15) is 0 Å². The monoisotopic (exact) mass is 212 g/mol. The minimum atomic E-state index is 1.54. The lowest BCUT2D eigenvalue weighted by Crippen LogP contribution is -1.54. The van der Waals surface area contributed by atoms with Gasteiger partial charge < -0.3 is 0 Å². The van der Waals surface area contributed by atoms with E-state index in [1.807, 2.05) is 48.6 Å². The van der Waals surface area contributed by atoms with Gasteiger partial charge in [-0.05, 0) is 22.6 Å². The Labute approximate surface area is 94.5 Å². The molecule has 0 amide bonds. The first-order chi connectivity index (χ1) is 8.00. The van der Waals surface area contributed by atoms with Crippen molar-refractivity contribution in [2.75, 3.05) is 0 Å². The van der Waals surface area contributed by atoms with Gasteiger partial charge in [0.15, 0.2) is 0 Å². The van der Waals surface area contributed by atoms with E-state index in [0.29, 0.717) is 0 Å². The summed E-state index contributed by atoms with van der Waals surface area (Å²) in [5, 5.41) is 14.2. The summed E-state index contributed by atoms with van der Waals surface area (Å²) in [5.74, 6) is 0. The Kier molecular flexibility index (Phi) is 6.74. The van der Waals surface area contributed by atoms with Gasteiger partial charge in [-0.25, -0.2) is 0 Å². The van der Waals surface area contributed by atoms with Crippen LogP contribution in [0, 0.1) is 0 Å². The van der Waals surface area contributed by atoms with E-state index in [-0.39, 0.29) is 0 Å². The molecule has 0 fully saturated rings. The zero-order valence-corrected chi connectivity index (χ0v) is 8.72. The summed E-state index contributed by atoms with van der Waals surface area (Å²) in [6.45, 7) is 0. The molecule has 0 spiro atoms. The molecule has 0 aromatic heterocycles. The molecule has 0 atom stereocenters. The van der Waals surface area contributed by atoms with Gasteiger partial charge in [-0.15, -0.1) is 10.2 Å². The molecular formula is C12H12N4. The minimum absolute atomic E-state index is 1.54. The Morgan fingerprint density at radius 2 is 0.688 bits per heavy atom. The number of rotatable bonds is 0. The summed E-state index contributed by atoms with van der Waals surface area (Å²) in [7, 11) is 0. The van der Waals surface area contributed by atoms with Crippen LogP contribution in [0.1, 0.15) is 0 Å². The van der Waals surface area contributed by atoms with Crippen molar-refractivity contribution in [3.63, 3.8) is 0 Å². The number of allylic oxidation sites excluding steroid dienone is 10.